The lowest BCUT2D eigenvalue weighted by Gasteiger charge is -2.27. The van der Waals surface area contributed by atoms with Crippen molar-refractivity contribution in [2.24, 2.45) is 5.92 Å². The summed E-state index contributed by atoms with van der Waals surface area (Å²) < 4.78 is 0. The molecule has 0 aromatic rings. The van der Waals surface area contributed by atoms with E-state index in [2.05, 4.69) is 5.92 Å². The zero-order valence-corrected chi connectivity index (χ0v) is 10.3. The molecule has 0 spiro atoms. The van der Waals surface area contributed by atoms with E-state index in [1.165, 1.54) is 0 Å². The standard InChI is InChI=1S/C12H15NO3S/c1-2-3-4-10(14)13-9(12(15)16)7-17-11(13)8-5-6-8/h1,8-9,11H,3-7H2,(H,15,16). The first kappa shape index (κ1) is 12.3. The number of carbonyl (C=O) groups is 2. The Kier molecular flexibility index (Phi) is 3.63. The summed E-state index contributed by atoms with van der Waals surface area (Å²) in [7, 11) is 0. The first-order valence-corrected chi connectivity index (χ1v) is 6.79. The molecule has 0 bridgehead atoms. The molecule has 2 aliphatic rings. The van der Waals surface area contributed by atoms with Crippen molar-refractivity contribution in [3.05, 3.63) is 0 Å². The molecule has 1 N–H and O–H groups in total. The number of rotatable bonds is 4. The highest BCUT2D eigenvalue weighted by Crippen LogP contribution is 2.45. The number of hydrogen-bond donors (Lipinski definition) is 1. The fourth-order valence-corrected chi connectivity index (χ4v) is 3.74. The van der Waals surface area contributed by atoms with Crippen LogP contribution in [0.2, 0.25) is 0 Å². The van der Waals surface area contributed by atoms with Crippen LogP contribution in [0.1, 0.15) is 25.7 Å². The van der Waals surface area contributed by atoms with Crippen LogP contribution in [0.3, 0.4) is 0 Å². The number of nitrogens with zero attached hydrogens (tertiary/aromatic N) is 1. The average Bonchev–Trinajstić information content (AvgIpc) is 3.04. The number of carboxylic acids is 1. The zero-order valence-electron chi connectivity index (χ0n) is 9.46. The van der Waals surface area contributed by atoms with Crippen LogP contribution < -0.4 is 0 Å². The molecule has 4 nitrogen and oxygen atoms in total. The Labute approximate surface area is 105 Å². The van der Waals surface area contributed by atoms with Gasteiger partial charge in [0, 0.05) is 18.6 Å². The van der Waals surface area contributed by atoms with Crippen molar-refractivity contribution < 1.29 is 14.7 Å². The Morgan fingerprint density at radius 3 is 2.71 bits per heavy atom. The molecule has 1 heterocycles. The second-order valence-corrected chi connectivity index (χ2v) is 5.57. The Balaban J connectivity index is 2.08. The maximum absolute atomic E-state index is 12.0. The molecule has 0 aromatic carbocycles. The minimum Gasteiger partial charge on any atom is -0.480 e. The van der Waals surface area contributed by atoms with Gasteiger partial charge in [-0.3, -0.25) is 4.79 Å². The van der Waals surface area contributed by atoms with E-state index in [1.807, 2.05) is 0 Å². The summed E-state index contributed by atoms with van der Waals surface area (Å²) in [5.74, 6) is 2.39. The predicted octanol–water partition coefficient (Wildman–Crippen LogP) is 1.16. The largest absolute Gasteiger partial charge is 0.480 e. The molecule has 5 heteroatoms. The van der Waals surface area contributed by atoms with Gasteiger partial charge < -0.3 is 10.0 Å². The Bertz CT molecular complexity index is 372. The van der Waals surface area contributed by atoms with Gasteiger partial charge in [-0.1, -0.05) is 0 Å². The normalized spacial score (nSPS) is 27.8. The van der Waals surface area contributed by atoms with Crippen LogP contribution in [-0.4, -0.2) is 39.1 Å². The lowest BCUT2D eigenvalue weighted by atomic mass is 10.2. The highest BCUT2D eigenvalue weighted by molar-refractivity contribution is 8.00. The Hall–Kier alpha value is -1.15. The molecule has 1 saturated carbocycles. The second kappa shape index (κ2) is 5.01. The molecule has 2 unspecified atom stereocenters. The lowest BCUT2D eigenvalue weighted by molar-refractivity contribution is -0.149. The second-order valence-electron chi connectivity index (χ2n) is 4.42. The van der Waals surface area contributed by atoms with Gasteiger partial charge in [0.1, 0.15) is 6.04 Å². The highest BCUT2D eigenvalue weighted by Gasteiger charge is 2.47. The van der Waals surface area contributed by atoms with Crippen molar-refractivity contribution in [3.63, 3.8) is 0 Å². The van der Waals surface area contributed by atoms with E-state index >= 15 is 0 Å². The molecule has 2 rings (SSSR count). The maximum atomic E-state index is 12.0. The average molecular weight is 253 g/mol. The van der Waals surface area contributed by atoms with E-state index in [0.29, 0.717) is 18.1 Å². The SMILES string of the molecule is C#CCCC(=O)N1C(C(=O)O)CSC1C1CC1. The van der Waals surface area contributed by atoms with Crippen LogP contribution in [0.15, 0.2) is 0 Å². The van der Waals surface area contributed by atoms with Gasteiger partial charge in [0.15, 0.2) is 0 Å². The number of carboxylic acid groups (broad SMARTS) is 1. The molecule has 1 amide bonds. The fourth-order valence-electron chi connectivity index (χ4n) is 2.09. The van der Waals surface area contributed by atoms with E-state index < -0.39 is 12.0 Å². The summed E-state index contributed by atoms with van der Waals surface area (Å²) in [5.41, 5.74) is 0. The molecular formula is C12H15NO3S. The molecule has 0 radical (unpaired) electrons. The van der Waals surface area contributed by atoms with E-state index in [0.717, 1.165) is 12.8 Å². The quantitative estimate of drug-likeness (QED) is 0.764. The molecule has 0 aromatic heterocycles. The minimum atomic E-state index is -0.908. The summed E-state index contributed by atoms with van der Waals surface area (Å²) in [6.45, 7) is 0. The molecule has 1 saturated heterocycles. The van der Waals surface area contributed by atoms with Crippen LogP contribution in [0.5, 0.6) is 0 Å². The van der Waals surface area contributed by atoms with Gasteiger partial charge in [-0.05, 0) is 18.8 Å². The number of carbonyl (C=O) groups excluding carboxylic acids is 1. The van der Waals surface area contributed by atoms with Crippen LogP contribution in [0.25, 0.3) is 0 Å². The van der Waals surface area contributed by atoms with Crippen molar-refractivity contribution in [1.29, 1.82) is 0 Å². The van der Waals surface area contributed by atoms with Gasteiger partial charge in [-0.2, -0.15) is 0 Å². The van der Waals surface area contributed by atoms with Gasteiger partial charge in [-0.15, -0.1) is 24.1 Å². The van der Waals surface area contributed by atoms with Crippen molar-refractivity contribution >= 4 is 23.6 Å². The van der Waals surface area contributed by atoms with Crippen LogP contribution in [0.4, 0.5) is 0 Å². The van der Waals surface area contributed by atoms with Gasteiger partial charge >= 0.3 is 5.97 Å². The number of thioether (sulfide) groups is 1. The van der Waals surface area contributed by atoms with Crippen LogP contribution >= 0.6 is 11.8 Å². The zero-order chi connectivity index (χ0) is 12.4. The summed E-state index contributed by atoms with van der Waals surface area (Å²) in [4.78, 5) is 24.7. The minimum absolute atomic E-state index is 0.0568. The molecule has 2 fully saturated rings. The van der Waals surface area contributed by atoms with E-state index in [9.17, 15) is 9.59 Å². The first-order chi connectivity index (χ1) is 8.15. The molecule has 17 heavy (non-hydrogen) atoms. The van der Waals surface area contributed by atoms with Gasteiger partial charge in [0.25, 0.3) is 0 Å². The molecular weight excluding hydrogens is 238 g/mol. The van der Waals surface area contributed by atoms with E-state index in [-0.39, 0.29) is 17.7 Å². The van der Waals surface area contributed by atoms with Crippen LogP contribution in [-0.2, 0) is 9.59 Å². The van der Waals surface area contributed by atoms with Crippen molar-refractivity contribution in [2.75, 3.05) is 5.75 Å². The van der Waals surface area contributed by atoms with E-state index in [1.54, 1.807) is 16.7 Å². The lowest BCUT2D eigenvalue weighted by Crippen LogP contribution is -2.46. The predicted molar refractivity (Wildman–Crippen MR) is 65.3 cm³/mol. The molecule has 1 aliphatic heterocycles. The summed E-state index contributed by atoms with van der Waals surface area (Å²) in [6, 6.07) is -0.670. The van der Waals surface area contributed by atoms with Gasteiger partial charge in [0.2, 0.25) is 5.91 Å². The number of amides is 1. The van der Waals surface area contributed by atoms with Gasteiger partial charge in [0.05, 0.1) is 5.37 Å². The van der Waals surface area contributed by atoms with E-state index in [4.69, 9.17) is 11.5 Å². The van der Waals surface area contributed by atoms with Crippen molar-refractivity contribution in [3.8, 4) is 12.3 Å². The molecule has 92 valence electrons. The van der Waals surface area contributed by atoms with Crippen LogP contribution in [0, 0.1) is 18.3 Å². The molecule has 2 atom stereocenters. The fraction of sp³-hybridized carbons (Fsp3) is 0.667. The first-order valence-electron chi connectivity index (χ1n) is 5.74. The van der Waals surface area contributed by atoms with Crippen molar-refractivity contribution in [2.45, 2.75) is 37.1 Å². The third kappa shape index (κ3) is 2.58. The summed E-state index contributed by atoms with van der Waals surface area (Å²) >= 11 is 1.59. The summed E-state index contributed by atoms with van der Waals surface area (Å²) in [6.07, 6.45) is 7.97. The monoisotopic (exact) mass is 253 g/mol. The number of hydrogen-bond acceptors (Lipinski definition) is 3. The maximum Gasteiger partial charge on any atom is 0.327 e. The number of terminal acetylenes is 1. The Morgan fingerprint density at radius 2 is 2.18 bits per heavy atom. The van der Waals surface area contributed by atoms with Crippen molar-refractivity contribution in [1.82, 2.24) is 4.90 Å². The highest BCUT2D eigenvalue weighted by atomic mass is 32.2. The summed E-state index contributed by atoms with van der Waals surface area (Å²) in [5, 5.41) is 9.19. The smallest absolute Gasteiger partial charge is 0.327 e. The third-order valence-electron chi connectivity index (χ3n) is 3.12. The number of aliphatic carboxylic acids is 1. The molecule has 1 aliphatic carbocycles. The van der Waals surface area contributed by atoms with Gasteiger partial charge in [-0.25, -0.2) is 4.79 Å². The topological polar surface area (TPSA) is 57.6 Å². The Morgan fingerprint density at radius 1 is 1.47 bits per heavy atom. The third-order valence-corrected chi connectivity index (χ3v) is 4.58.